The second kappa shape index (κ2) is 4.99. The van der Waals surface area contributed by atoms with Gasteiger partial charge in [0.05, 0.1) is 13.7 Å². The van der Waals surface area contributed by atoms with Crippen molar-refractivity contribution in [2.75, 3.05) is 19.0 Å². The molecule has 1 aromatic rings. The van der Waals surface area contributed by atoms with Gasteiger partial charge in [-0.2, -0.15) is 4.98 Å². The SMILES string of the molecule is CC#CCNc1nccc(OC)n1. The summed E-state index contributed by atoms with van der Waals surface area (Å²) < 4.78 is 4.93. The number of methoxy groups -OCH3 is 1. The van der Waals surface area contributed by atoms with E-state index in [0.717, 1.165) is 0 Å². The topological polar surface area (TPSA) is 47.0 Å². The van der Waals surface area contributed by atoms with Gasteiger partial charge < -0.3 is 10.1 Å². The van der Waals surface area contributed by atoms with Crippen molar-refractivity contribution in [2.45, 2.75) is 6.92 Å². The number of hydrogen-bond donors (Lipinski definition) is 1. The van der Waals surface area contributed by atoms with Gasteiger partial charge in [0.1, 0.15) is 0 Å². The van der Waals surface area contributed by atoms with Crippen LogP contribution in [0.2, 0.25) is 0 Å². The van der Waals surface area contributed by atoms with Crippen molar-refractivity contribution >= 4 is 5.95 Å². The van der Waals surface area contributed by atoms with E-state index in [9.17, 15) is 0 Å². The predicted octanol–water partition coefficient (Wildman–Crippen LogP) is 0.920. The Bertz CT molecular complexity index is 327. The molecule has 1 N–H and O–H groups in total. The summed E-state index contributed by atoms with van der Waals surface area (Å²) in [6.45, 7) is 2.33. The monoisotopic (exact) mass is 177 g/mol. The molecular formula is C9H11N3O. The molecule has 0 aromatic carbocycles. The lowest BCUT2D eigenvalue weighted by Crippen LogP contribution is -2.03. The molecule has 0 aliphatic carbocycles. The Balaban J connectivity index is 2.59. The number of nitrogens with one attached hydrogen (secondary N) is 1. The van der Waals surface area contributed by atoms with Crippen molar-refractivity contribution in [1.82, 2.24) is 9.97 Å². The molecule has 0 saturated heterocycles. The number of rotatable bonds is 3. The lowest BCUT2D eigenvalue weighted by molar-refractivity contribution is 0.397. The summed E-state index contributed by atoms with van der Waals surface area (Å²) in [6, 6.07) is 1.69. The molecule has 13 heavy (non-hydrogen) atoms. The van der Waals surface area contributed by atoms with Crippen LogP contribution in [-0.4, -0.2) is 23.6 Å². The first-order valence-electron chi connectivity index (χ1n) is 3.87. The minimum atomic E-state index is 0.530. The number of anilines is 1. The first-order valence-corrected chi connectivity index (χ1v) is 3.87. The van der Waals surface area contributed by atoms with E-state index in [0.29, 0.717) is 18.4 Å². The lowest BCUT2D eigenvalue weighted by atomic mass is 10.6. The van der Waals surface area contributed by atoms with Crippen molar-refractivity contribution in [3.8, 4) is 17.7 Å². The minimum absolute atomic E-state index is 0.530. The molecule has 1 rings (SSSR count). The molecule has 0 amide bonds. The summed E-state index contributed by atoms with van der Waals surface area (Å²) in [5.74, 6) is 6.69. The lowest BCUT2D eigenvalue weighted by Gasteiger charge is -2.01. The van der Waals surface area contributed by atoms with Gasteiger partial charge >= 0.3 is 0 Å². The molecule has 0 aliphatic rings. The Hall–Kier alpha value is -1.76. The molecule has 0 spiro atoms. The second-order valence-corrected chi connectivity index (χ2v) is 2.20. The van der Waals surface area contributed by atoms with Gasteiger partial charge in [0.25, 0.3) is 0 Å². The van der Waals surface area contributed by atoms with Crippen LogP contribution in [0, 0.1) is 11.8 Å². The van der Waals surface area contributed by atoms with E-state index in [2.05, 4.69) is 27.1 Å². The number of nitrogens with zero attached hydrogens (tertiary/aromatic N) is 2. The maximum Gasteiger partial charge on any atom is 0.226 e. The molecule has 0 fully saturated rings. The molecule has 1 aromatic heterocycles. The van der Waals surface area contributed by atoms with Gasteiger partial charge in [-0.1, -0.05) is 5.92 Å². The number of hydrogen-bond acceptors (Lipinski definition) is 4. The third-order valence-electron chi connectivity index (χ3n) is 1.35. The Morgan fingerprint density at radius 3 is 3.15 bits per heavy atom. The van der Waals surface area contributed by atoms with Gasteiger partial charge in [0, 0.05) is 12.3 Å². The molecular weight excluding hydrogens is 166 g/mol. The highest BCUT2D eigenvalue weighted by Gasteiger charge is 1.95. The molecule has 0 unspecified atom stereocenters. The van der Waals surface area contributed by atoms with Crippen LogP contribution >= 0.6 is 0 Å². The molecule has 4 nitrogen and oxygen atoms in total. The molecule has 4 heteroatoms. The largest absolute Gasteiger partial charge is 0.481 e. The Morgan fingerprint density at radius 1 is 1.62 bits per heavy atom. The highest BCUT2D eigenvalue weighted by atomic mass is 16.5. The zero-order chi connectivity index (χ0) is 9.52. The predicted molar refractivity (Wildman–Crippen MR) is 50.5 cm³/mol. The van der Waals surface area contributed by atoms with Crippen LogP contribution in [0.1, 0.15) is 6.92 Å². The van der Waals surface area contributed by atoms with Crippen LogP contribution < -0.4 is 10.1 Å². The molecule has 0 bridgehead atoms. The highest BCUT2D eigenvalue weighted by molar-refractivity contribution is 5.29. The Labute approximate surface area is 77.4 Å². The first kappa shape index (κ1) is 9.33. The van der Waals surface area contributed by atoms with Crippen molar-refractivity contribution in [1.29, 1.82) is 0 Å². The van der Waals surface area contributed by atoms with E-state index >= 15 is 0 Å². The second-order valence-electron chi connectivity index (χ2n) is 2.20. The van der Waals surface area contributed by atoms with Gasteiger partial charge in [-0.25, -0.2) is 4.98 Å². The Kier molecular flexibility index (Phi) is 3.58. The van der Waals surface area contributed by atoms with E-state index < -0.39 is 0 Å². The van der Waals surface area contributed by atoms with E-state index in [1.54, 1.807) is 26.3 Å². The summed E-state index contributed by atoms with van der Waals surface area (Å²) in [7, 11) is 1.57. The average molecular weight is 177 g/mol. The van der Waals surface area contributed by atoms with Gasteiger partial charge in [0.2, 0.25) is 11.8 Å². The molecule has 0 atom stereocenters. The number of ether oxygens (including phenoxy) is 1. The van der Waals surface area contributed by atoms with E-state index in [1.807, 2.05) is 0 Å². The molecule has 0 aliphatic heterocycles. The normalized spacial score (nSPS) is 8.46. The van der Waals surface area contributed by atoms with E-state index in [1.165, 1.54) is 0 Å². The number of aromatic nitrogens is 2. The Morgan fingerprint density at radius 2 is 2.46 bits per heavy atom. The average Bonchev–Trinajstić information content (AvgIpc) is 2.19. The van der Waals surface area contributed by atoms with E-state index in [4.69, 9.17) is 4.74 Å². The van der Waals surface area contributed by atoms with Crippen molar-refractivity contribution in [3.05, 3.63) is 12.3 Å². The standard InChI is InChI=1S/C9H11N3O/c1-3-4-6-10-9-11-7-5-8(12-9)13-2/h5,7H,6H2,1-2H3,(H,10,11,12). The van der Waals surface area contributed by atoms with Gasteiger partial charge in [0.15, 0.2) is 0 Å². The van der Waals surface area contributed by atoms with E-state index in [-0.39, 0.29) is 0 Å². The van der Waals surface area contributed by atoms with Gasteiger partial charge in [-0.15, -0.1) is 5.92 Å². The molecule has 0 radical (unpaired) electrons. The summed E-state index contributed by atoms with van der Waals surface area (Å²) in [4.78, 5) is 8.04. The summed E-state index contributed by atoms with van der Waals surface area (Å²) >= 11 is 0. The zero-order valence-corrected chi connectivity index (χ0v) is 7.66. The smallest absolute Gasteiger partial charge is 0.226 e. The van der Waals surface area contributed by atoms with Crippen molar-refractivity contribution in [2.24, 2.45) is 0 Å². The molecule has 1 heterocycles. The fourth-order valence-electron chi connectivity index (χ4n) is 0.753. The maximum absolute atomic E-state index is 4.93. The van der Waals surface area contributed by atoms with Crippen LogP contribution in [0.4, 0.5) is 5.95 Å². The zero-order valence-electron chi connectivity index (χ0n) is 7.66. The molecule has 0 saturated carbocycles. The van der Waals surface area contributed by atoms with Crippen LogP contribution in [0.15, 0.2) is 12.3 Å². The van der Waals surface area contributed by atoms with Crippen LogP contribution in [0.5, 0.6) is 5.88 Å². The molecule has 68 valence electrons. The quantitative estimate of drug-likeness (QED) is 0.697. The summed E-state index contributed by atoms with van der Waals surface area (Å²) in [6.07, 6.45) is 1.63. The van der Waals surface area contributed by atoms with Crippen LogP contribution in [0.25, 0.3) is 0 Å². The van der Waals surface area contributed by atoms with Gasteiger partial charge in [-0.3, -0.25) is 0 Å². The van der Waals surface area contributed by atoms with Crippen LogP contribution in [-0.2, 0) is 0 Å². The summed E-state index contributed by atoms with van der Waals surface area (Å²) in [5.41, 5.74) is 0. The highest BCUT2D eigenvalue weighted by Crippen LogP contribution is 2.06. The van der Waals surface area contributed by atoms with Crippen molar-refractivity contribution in [3.63, 3.8) is 0 Å². The third kappa shape index (κ3) is 2.99. The fourth-order valence-corrected chi connectivity index (χ4v) is 0.753. The first-order chi connectivity index (χ1) is 6.36. The summed E-state index contributed by atoms with van der Waals surface area (Å²) in [5, 5.41) is 2.94. The maximum atomic E-state index is 4.93. The fraction of sp³-hybridized carbons (Fsp3) is 0.333. The van der Waals surface area contributed by atoms with Gasteiger partial charge in [-0.05, 0) is 6.92 Å². The van der Waals surface area contributed by atoms with Crippen LogP contribution in [0.3, 0.4) is 0 Å². The minimum Gasteiger partial charge on any atom is -0.481 e. The van der Waals surface area contributed by atoms with Crippen molar-refractivity contribution < 1.29 is 4.74 Å². The third-order valence-corrected chi connectivity index (χ3v) is 1.35.